The van der Waals surface area contributed by atoms with Crippen LogP contribution in [-0.2, 0) is 10.8 Å². The Labute approximate surface area is 383 Å². The van der Waals surface area contributed by atoms with Gasteiger partial charge in [-0.25, -0.2) is 0 Å². The third kappa shape index (κ3) is 4.46. The molecule has 5 aliphatic rings. The smallest absolute Gasteiger partial charge is 0.137 e. The molecular formula is C64H41NO. The number of furan rings is 1. The van der Waals surface area contributed by atoms with Crippen molar-refractivity contribution < 1.29 is 4.42 Å². The molecule has 2 spiro atoms. The molecule has 0 N–H and O–H groups in total. The van der Waals surface area contributed by atoms with E-state index in [4.69, 9.17) is 4.42 Å². The standard InChI is InChI=1S/C64H41NO/c1-2-16-42(17-3-1)65(44-35-36-49-48-21-10-15-29-59(48)66-60(49)39-44)43-33-30-40(31-34-43)41-32-37-57-58(38-41)63(53-25-11-6-18-45(53)46-19-7-12-26-54(46)63)56-28-14-9-23-51(56)62-52-24-5-4-22-50-47-20-8-13-27-55(47)64(57,62)61(50)52/h1-39,52,62H. The lowest BCUT2D eigenvalue weighted by atomic mass is 9.45. The first-order chi connectivity index (χ1) is 32.7. The molecule has 1 fully saturated rings. The first kappa shape index (κ1) is 36.2. The minimum Gasteiger partial charge on any atom is -0.456 e. The van der Waals surface area contributed by atoms with Crippen LogP contribution in [0.1, 0.15) is 50.4 Å². The van der Waals surface area contributed by atoms with Crippen LogP contribution in [0.3, 0.4) is 0 Å². The maximum absolute atomic E-state index is 6.41. The van der Waals surface area contributed by atoms with E-state index in [2.05, 4.69) is 229 Å². The SMILES string of the molecule is C1=CC2=C3C(C=C1)C1c4ccccc4C4(c5ccccc5-c5ccccc54)c4cc(-c5ccc(N(c6ccccc6)c6ccc7c(c6)oc6ccccc67)cc5)ccc4C31c1ccccc12. The summed E-state index contributed by atoms with van der Waals surface area (Å²) in [4.78, 5) is 2.33. The van der Waals surface area contributed by atoms with Crippen molar-refractivity contribution >= 4 is 44.6 Å². The van der Waals surface area contributed by atoms with Gasteiger partial charge in [0.15, 0.2) is 0 Å². The van der Waals surface area contributed by atoms with E-state index in [0.717, 1.165) is 39.0 Å². The van der Waals surface area contributed by atoms with Crippen LogP contribution >= 0.6 is 0 Å². The molecule has 1 heterocycles. The van der Waals surface area contributed by atoms with Crippen LogP contribution in [0.2, 0.25) is 0 Å². The van der Waals surface area contributed by atoms with Gasteiger partial charge in [-0.3, -0.25) is 0 Å². The maximum atomic E-state index is 6.41. The Morgan fingerprint density at radius 2 is 1.03 bits per heavy atom. The van der Waals surface area contributed by atoms with Crippen molar-refractivity contribution in [2.45, 2.75) is 16.7 Å². The Morgan fingerprint density at radius 1 is 0.409 bits per heavy atom. The molecule has 0 amide bonds. The third-order valence-electron chi connectivity index (χ3n) is 15.8. The van der Waals surface area contributed by atoms with Gasteiger partial charge in [0.1, 0.15) is 11.2 Å². The lowest BCUT2D eigenvalue weighted by molar-refractivity contribution is 0.294. The maximum Gasteiger partial charge on any atom is 0.137 e. The molecular weight excluding hydrogens is 799 g/mol. The quantitative estimate of drug-likeness (QED) is 0.176. The molecule has 15 rings (SSSR count). The molecule has 0 bridgehead atoms. The first-order valence-electron chi connectivity index (χ1n) is 23.2. The van der Waals surface area contributed by atoms with Crippen molar-refractivity contribution in [1.29, 1.82) is 0 Å². The third-order valence-corrected chi connectivity index (χ3v) is 15.8. The summed E-state index contributed by atoms with van der Waals surface area (Å²) in [6.07, 6.45) is 9.42. The number of hydrogen-bond donors (Lipinski definition) is 0. The van der Waals surface area contributed by atoms with Crippen LogP contribution in [0.15, 0.2) is 247 Å². The van der Waals surface area contributed by atoms with Crippen molar-refractivity contribution in [3.63, 3.8) is 0 Å². The summed E-state index contributed by atoms with van der Waals surface area (Å²) >= 11 is 0. The second kappa shape index (κ2) is 13.2. The Morgan fingerprint density at radius 3 is 1.83 bits per heavy atom. The molecule has 2 nitrogen and oxygen atoms in total. The van der Waals surface area contributed by atoms with E-state index in [0.29, 0.717) is 0 Å². The first-order valence-corrected chi connectivity index (χ1v) is 23.2. The summed E-state index contributed by atoms with van der Waals surface area (Å²) in [6, 6.07) is 79.5. The molecule has 1 aromatic heterocycles. The Bertz CT molecular complexity index is 3740. The van der Waals surface area contributed by atoms with Gasteiger partial charge >= 0.3 is 0 Å². The molecule has 9 aromatic carbocycles. The van der Waals surface area contributed by atoms with Gasteiger partial charge in [-0.1, -0.05) is 182 Å². The fourth-order valence-corrected chi connectivity index (χ4v) is 13.4. The molecule has 10 aromatic rings. The number of rotatable bonds is 4. The van der Waals surface area contributed by atoms with Crippen molar-refractivity contribution in [2.24, 2.45) is 5.92 Å². The van der Waals surface area contributed by atoms with Gasteiger partial charge < -0.3 is 9.32 Å². The zero-order chi connectivity index (χ0) is 43.1. The van der Waals surface area contributed by atoms with Gasteiger partial charge in [-0.05, 0) is 126 Å². The number of allylic oxidation sites excluding steroid dienone is 6. The average Bonchev–Trinajstić information content (AvgIpc) is 3.89. The number of nitrogens with zero attached hydrogens (tertiary/aromatic N) is 1. The van der Waals surface area contributed by atoms with Crippen LogP contribution in [0, 0.1) is 5.92 Å². The highest BCUT2D eigenvalue weighted by atomic mass is 16.3. The van der Waals surface area contributed by atoms with Gasteiger partial charge in [-0.2, -0.15) is 0 Å². The number of anilines is 3. The zero-order valence-electron chi connectivity index (χ0n) is 36.0. The monoisotopic (exact) mass is 839 g/mol. The fourth-order valence-electron chi connectivity index (χ4n) is 13.4. The van der Waals surface area contributed by atoms with E-state index in [1.165, 1.54) is 72.3 Å². The van der Waals surface area contributed by atoms with Crippen molar-refractivity contribution in [3.8, 4) is 22.3 Å². The Hall–Kier alpha value is -8.20. The summed E-state index contributed by atoms with van der Waals surface area (Å²) in [6.45, 7) is 0. The van der Waals surface area contributed by atoms with E-state index in [1.807, 2.05) is 12.1 Å². The minimum atomic E-state index is -0.544. The summed E-state index contributed by atoms with van der Waals surface area (Å²) in [5.41, 5.74) is 23.3. The zero-order valence-corrected chi connectivity index (χ0v) is 36.0. The van der Waals surface area contributed by atoms with Crippen molar-refractivity contribution in [3.05, 3.63) is 287 Å². The van der Waals surface area contributed by atoms with Crippen LogP contribution in [0.5, 0.6) is 0 Å². The summed E-state index contributed by atoms with van der Waals surface area (Å²) in [7, 11) is 0. The normalized spacial score (nSPS) is 19.5. The van der Waals surface area contributed by atoms with Crippen LogP contribution in [0.4, 0.5) is 17.1 Å². The molecule has 3 atom stereocenters. The fraction of sp³-hybridized carbons (Fsp3) is 0.0625. The second-order valence-corrected chi connectivity index (χ2v) is 18.6. The lowest BCUT2D eigenvalue weighted by Gasteiger charge is -2.56. The molecule has 308 valence electrons. The molecule has 5 aliphatic carbocycles. The number of hydrogen-bond acceptors (Lipinski definition) is 2. The molecule has 2 heteroatoms. The molecule has 3 unspecified atom stereocenters. The predicted octanol–water partition coefficient (Wildman–Crippen LogP) is 16.0. The van der Waals surface area contributed by atoms with E-state index in [1.54, 1.807) is 5.57 Å². The summed E-state index contributed by atoms with van der Waals surface area (Å²) < 4.78 is 6.41. The predicted molar refractivity (Wildman–Crippen MR) is 270 cm³/mol. The second-order valence-electron chi connectivity index (χ2n) is 18.6. The van der Waals surface area contributed by atoms with Gasteiger partial charge in [0.25, 0.3) is 0 Å². The minimum absolute atomic E-state index is 0.226. The van der Waals surface area contributed by atoms with Gasteiger partial charge in [0.2, 0.25) is 0 Å². The average molecular weight is 840 g/mol. The summed E-state index contributed by atoms with van der Waals surface area (Å²) in [5, 5.41) is 2.26. The molecule has 1 saturated carbocycles. The van der Waals surface area contributed by atoms with Gasteiger partial charge in [-0.15, -0.1) is 0 Å². The highest BCUT2D eigenvalue weighted by Gasteiger charge is 2.68. The van der Waals surface area contributed by atoms with E-state index < -0.39 is 5.41 Å². The highest BCUT2D eigenvalue weighted by Crippen LogP contribution is 2.76. The Balaban J connectivity index is 0.970. The number of benzene rings is 9. The number of para-hydroxylation sites is 2. The molecule has 0 aliphatic heterocycles. The summed E-state index contributed by atoms with van der Waals surface area (Å²) in [5.74, 6) is 0.509. The van der Waals surface area contributed by atoms with Gasteiger partial charge in [0.05, 0.1) is 10.8 Å². The van der Waals surface area contributed by atoms with Crippen molar-refractivity contribution in [2.75, 3.05) is 4.90 Å². The van der Waals surface area contributed by atoms with E-state index in [-0.39, 0.29) is 17.3 Å². The Kier molecular flexibility index (Phi) is 7.23. The largest absolute Gasteiger partial charge is 0.456 e. The molecule has 0 radical (unpaired) electrons. The van der Waals surface area contributed by atoms with Crippen LogP contribution in [-0.4, -0.2) is 0 Å². The lowest BCUT2D eigenvalue weighted by Crippen LogP contribution is -2.51. The van der Waals surface area contributed by atoms with Crippen LogP contribution in [0.25, 0.3) is 49.8 Å². The van der Waals surface area contributed by atoms with Crippen LogP contribution < -0.4 is 4.90 Å². The van der Waals surface area contributed by atoms with E-state index >= 15 is 0 Å². The number of fused-ring (bicyclic) bond motifs is 16. The van der Waals surface area contributed by atoms with Gasteiger partial charge in [0, 0.05) is 45.7 Å². The highest BCUT2D eigenvalue weighted by molar-refractivity contribution is 6.06. The van der Waals surface area contributed by atoms with E-state index in [9.17, 15) is 0 Å². The topological polar surface area (TPSA) is 16.4 Å². The van der Waals surface area contributed by atoms with Crippen molar-refractivity contribution in [1.82, 2.24) is 0 Å². The molecule has 0 saturated heterocycles. The molecule has 66 heavy (non-hydrogen) atoms.